The van der Waals surface area contributed by atoms with Crippen LogP contribution in [0.15, 0.2) is 87.0 Å². The molecule has 0 fully saturated rings. The summed E-state index contributed by atoms with van der Waals surface area (Å²) in [5.41, 5.74) is 1.99. The fraction of sp³-hybridized carbons (Fsp3) is 0.0667. The van der Waals surface area contributed by atoms with E-state index in [2.05, 4.69) is 0 Å². The largest absolute Gasteiger partial charge is 0.497 e. The topological polar surface area (TPSA) is 56.7 Å². The number of methoxy groups -OCH3 is 1. The van der Waals surface area contributed by atoms with Gasteiger partial charge in [0.1, 0.15) is 23.1 Å². The third kappa shape index (κ3) is 5.36. The van der Waals surface area contributed by atoms with Gasteiger partial charge in [-0.1, -0.05) is 69.9 Å². The van der Waals surface area contributed by atoms with Gasteiger partial charge in [-0.3, -0.25) is 9.36 Å². The highest BCUT2D eigenvalue weighted by molar-refractivity contribution is 7.07. The van der Waals surface area contributed by atoms with Crippen molar-refractivity contribution in [2.45, 2.75) is 6.04 Å². The molecule has 5 nitrogen and oxygen atoms in total. The number of hydrogen-bond donors (Lipinski definition) is 0. The van der Waals surface area contributed by atoms with E-state index < -0.39 is 11.9 Å². The van der Waals surface area contributed by atoms with Crippen LogP contribution in [0.2, 0.25) is 20.1 Å². The maximum absolute atomic E-state index is 14.4. The van der Waals surface area contributed by atoms with E-state index in [4.69, 9.17) is 60.6 Å². The lowest BCUT2D eigenvalue weighted by molar-refractivity contribution is 0.414. The molecule has 3 aromatic carbocycles. The summed E-state index contributed by atoms with van der Waals surface area (Å²) in [7, 11) is 1.58. The molecule has 1 aliphatic rings. The molecular weight excluding hydrogens is 629 g/mol. The van der Waals surface area contributed by atoms with E-state index in [-0.39, 0.29) is 15.6 Å². The quantitative estimate of drug-likeness (QED) is 0.182. The van der Waals surface area contributed by atoms with Crippen LogP contribution >= 0.6 is 57.7 Å². The van der Waals surface area contributed by atoms with Crippen LogP contribution in [0.1, 0.15) is 22.9 Å². The lowest BCUT2D eigenvalue weighted by atomic mass is 10.0. The van der Waals surface area contributed by atoms with Crippen LogP contribution in [-0.2, 0) is 0 Å². The third-order valence-corrected chi connectivity index (χ3v) is 8.62. The van der Waals surface area contributed by atoms with E-state index in [1.54, 1.807) is 66.3 Å². The van der Waals surface area contributed by atoms with Gasteiger partial charge in [-0.2, -0.15) is 0 Å². The maximum Gasteiger partial charge on any atom is 0.271 e. The SMILES string of the molecule is COc1ccc([C@H]2C=C(c3cc(F)c(Cl)cc3Cl)N=c3s/c(=C\c4ccc(-c5ccc(Cl)cc5Cl)o4)c(=O)n32)cc1. The fourth-order valence-electron chi connectivity index (χ4n) is 4.48. The molecule has 0 bridgehead atoms. The van der Waals surface area contributed by atoms with E-state index in [1.807, 2.05) is 12.1 Å². The van der Waals surface area contributed by atoms with Crippen molar-refractivity contribution in [3.05, 3.63) is 135 Å². The van der Waals surface area contributed by atoms with Gasteiger partial charge in [-0.25, -0.2) is 9.38 Å². The van der Waals surface area contributed by atoms with Crippen LogP contribution in [0, 0.1) is 5.82 Å². The molecule has 6 rings (SSSR count). The molecule has 41 heavy (non-hydrogen) atoms. The Balaban J connectivity index is 1.50. The average Bonchev–Trinajstić information content (AvgIpc) is 3.54. The molecule has 0 radical (unpaired) electrons. The van der Waals surface area contributed by atoms with E-state index in [9.17, 15) is 9.18 Å². The molecule has 2 aromatic heterocycles. The Bertz CT molecular complexity index is 2030. The second kappa shape index (κ2) is 11.2. The number of hydrogen-bond acceptors (Lipinski definition) is 5. The number of aromatic nitrogens is 1. The van der Waals surface area contributed by atoms with Gasteiger partial charge in [0, 0.05) is 22.2 Å². The first-order chi connectivity index (χ1) is 19.7. The van der Waals surface area contributed by atoms with Crippen molar-refractivity contribution in [1.82, 2.24) is 4.57 Å². The Hall–Kier alpha value is -3.33. The number of ether oxygens (including phenoxy) is 1. The number of benzene rings is 3. The van der Waals surface area contributed by atoms with Gasteiger partial charge in [0.15, 0.2) is 4.80 Å². The van der Waals surface area contributed by atoms with Gasteiger partial charge in [0.05, 0.1) is 38.4 Å². The predicted molar refractivity (Wildman–Crippen MR) is 163 cm³/mol. The minimum Gasteiger partial charge on any atom is -0.497 e. The number of thiazole rings is 1. The number of halogens is 5. The van der Waals surface area contributed by atoms with E-state index in [1.165, 1.54) is 23.5 Å². The minimum absolute atomic E-state index is 0.0931. The van der Waals surface area contributed by atoms with Crippen molar-refractivity contribution in [1.29, 1.82) is 0 Å². The first kappa shape index (κ1) is 27.8. The molecule has 206 valence electrons. The number of fused-ring (bicyclic) bond motifs is 1. The smallest absolute Gasteiger partial charge is 0.271 e. The highest BCUT2D eigenvalue weighted by atomic mass is 35.5. The summed E-state index contributed by atoms with van der Waals surface area (Å²) in [5.74, 6) is 1.03. The summed E-state index contributed by atoms with van der Waals surface area (Å²) in [6.45, 7) is 0. The first-order valence-electron chi connectivity index (χ1n) is 12.1. The normalized spacial score (nSPS) is 14.9. The highest BCUT2D eigenvalue weighted by Crippen LogP contribution is 2.34. The zero-order valence-electron chi connectivity index (χ0n) is 21.0. The zero-order chi connectivity index (χ0) is 28.8. The van der Waals surface area contributed by atoms with Gasteiger partial charge in [0.2, 0.25) is 0 Å². The summed E-state index contributed by atoms with van der Waals surface area (Å²) in [6, 6.07) is 18.0. The van der Waals surface area contributed by atoms with E-state index in [0.717, 1.165) is 5.56 Å². The molecule has 1 aliphatic heterocycles. The molecule has 0 amide bonds. The molecule has 1 atom stereocenters. The van der Waals surface area contributed by atoms with Crippen LogP contribution in [0.3, 0.4) is 0 Å². The third-order valence-electron chi connectivity index (χ3n) is 6.49. The van der Waals surface area contributed by atoms with Crippen LogP contribution in [0.4, 0.5) is 4.39 Å². The van der Waals surface area contributed by atoms with Crippen molar-refractivity contribution in [2.24, 2.45) is 4.99 Å². The van der Waals surface area contributed by atoms with Crippen LogP contribution in [-0.4, -0.2) is 11.7 Å². The van der Waals surface area contributed by atoms with Crippen LogP contribution in [0.25, 0.3) is 23.1 Å². The maximum atomic E-state index is 14.4. The lowest BCUT2D eigenvalue weighted by Crippen LogP contribution is -2.36. The predicted octanol–water partition coefficient (Wildman–Crippen LogP) is 8.02. The Morgan fingerprint density at radius 1 is 0.951 bits per heavy atom. The Morgan fingerprint density at radius 3 is 2.44 bits per heavy atom. The molecule has 0 saturated carbocycles. The van der Waals surface area contributed by atoms with Gasteiger partial charge >= 0.3 is 0 Å². The summed E-state index contributed by atoms with van der Waals surface area (Å²) >= 11 is 25.9. The molecule has 3 heterocycles. The molecule has 0 aliphatic carbocycles. The summed E-state index contributed by atoms with van der Waals surface area (Å²) in [5, 5.41) is 1.11. The summed E-state index contributed by atoms with van der Waals surface area (Å²) in [4.78, 5) is 18.9. The van der Waals surface area contributed by atoms with Gasteiger partial charge < -0.3 is 9.15 Å². The van der Waals surface area contributed by atoms with Gasteiger partial charge in [-0.05, 0) is 66.2 Å². The van der Waals surface area contributed by atoms with Crippen molar-refractivity contribution < 1.29 is 13.5 Å². The molecular formula is C30H17Cl4FN2O3S. The molecule has 5 aromatic rings. The molecule has 0 saturated heterocycles. The summed E-state index contributed by atoms with van der Waals surface area (Å²) in [6.07, 6.45) is 3.43. The zero-order valence-corrected chi connectivity index (χ0v) is 24.8. The average molecular weight is 646 g/mol. The fourth-order valence-corrected chi connectivity index (χ4v) is 6.46. The van der Waals surface area contributed by atoms with Crippen molar-refractivity contribution >= 4 is 69.5 Å². The Morgan fingerprint density at radius 2 is 1.71 bits per heavy atom. The first-order valence-corrected chi connectivity index (χ1v) is 14.4. The minimum atomic E-state index is -0.624. The number of rotatable bonds is 5. The molecule has 11 heteroatoms. The lowest BCUT2D eigenvalue weighted by Gasteiger charge is -2.20. The number of nitrogens with zero attached hydrogens (tertiary/aromatic N) is 2. The second-order valence-corrected chi connectivity index (χ2v) is 11.7. The van der Waals surface area contributed by atoms with Gasteiger partial charge in [-0.15, -0.1) is 0 Å². The van der Waals surface area contributed by atoms with E-state index in [0.29, 0.717) is 53.5 Å². The Labute approximate surface area is 257 Å². The monoisotopic (exact) mass is 644 g/mol. The van der Waals surface area contributed by atoms with Crippen molar-refractivity contribution in [2.75, 3.05) is 7.11 Å². The van der Waals surface area contributed by atoms with Crippen LogP contribution < -0.4 is 19.6 Å². The molecule has 0 N–H and O–H groups in total. The number of furan rings is 1. The van der Waals surface area contributed by atoms with Crippen molar-refractivity contribution in [3.63, 3.8) is 0 Å². The van der Waals surface area contributed by atoms with E-state index >= 15 is 0 Å². The number of allylic oxidation sites excluding steroid dienone is 1. The molecule has 0 spiro atoms. The van der Waals surface area contributed by atoms with Gasteiger partial charge in [0.25, 0.3) is 5.56 Å². The van der Waals surface area contributed by atoms with Crippen LogP contribution in [0.5, 0.6) is 5.75 Å². The van der Waals surface area contributed by atoms with Crippen molar-refractivity contribution in [3.8, 4) is 17.1 Å². The summed E-state index contributed by atoms with van der Waals surface area (Å²) < 4.78 is 27.7. The Kier molecular flexibility index (Phi) is 7.57. The standard InChI is InChI=1S/C30H17Cl4FN2O3S/c1-39-17-5-2-15(3-6-17)26-14-25(20-12-24(35)23(34)13-22(20)33)36-30-37(26)29(38)28(41-30)11-18-7-9-27(40-18)19-8-4-16(31)10-21(19)32/h2-14,26H,1H3/b28-11-/t26-/m1/s1. The second-order valence-electron chi connectivity index (χ2n) is 9.02. The highest BCUT2D eigenvalue weighted by Gasteiger charge is 2.24. The molecule has 0 unspecified atom stereocenters.